The SMILES string of the molecule is CCOC(=O)c1csc(NCc2cc(F)ccc2F)n1. The number of anilines is 1. The number of ether oxygens (including phenoxy) is 1. The Morgan fingerprint density at radius 2 is 2.25 bits per heavy atom. The number of aromatic nitrogens is 1. The van der Waals surface area contributed by atoms with Gasteiger partial charge in [-0.1, -0.05) is 0 Å². The minimum Gasteiger partial charge on any atom is -0.461 e. The van der Waals surface area contributed by atoms with Crippen LogP contribution in [0.5, 0.6) is 0 Å². The third kappa shape index (κ3) is 3.51. The van der Waals surface area contributed by atoms with Crippen LogP contribution in [0.25, 0.3) is 0 Å². The molecular formula is C13H12F2N2O2S. The molecule has 2 rings (SSSR count). The molecule has 0 bridgehead atoms. The topological polar surface area (TPSA) is 51.2 Å². The largest absolute Gasteiger partial charge is 0.461 e. The van der Waals surface area contributed by atoms with Crippen molar-refractivity contribution >= 4 is 22.4 Å². The number of halogens is 2. The van der Waals surface area contributed by atoms with E-state index in [1.54, 1.807) is 12.3 Å². The molecular weight excluding hydrogens is 286 g/mol. The predicted molar refractivity (Wildman–Crippen MR) is 71.8 cm³/mol. The molecule has 0 unspecified atom stereocenters. The highest BCUT2D eigenvalue weighted by molar-refractivity contribution is 7.13. The van der Waals surface area contributed by atoms with Crippen LogP contribution in [-0.4, -0.2) is 17.6 Å². The number of nitrogens with one attached hydrogen (secondary N) is 1. The van der Waals surface area contributed by atoms with Gasteiger partial charge >= 0.3 is 5.97 Å². The summed E-state index contributed by atoms with van der Waals surface area (Å²) in [5.41, 5.74) is 0.386. The molecule has 0 fully saturated rings. The van der Waals surface area contributed by atoms with E-state index in [9.17, 15) is 13.6 Å². The molecule has 4 nitrogen and oxygen atoms in total. The van der Waals surface area contributed by atoms with Crippen LogP contribution in [0.2, 0.25) is 0 Å². The Kier molecular flexibility index (Phi) is 4.62. The van der Waals surface area contributed by atoms with E-state index in [4.69, 9.17) is 4.74 Å². The first kappa shape index (κ1) is 14.4. The second-order valence-corrected chi connectivity index (χ2v) is 4.71. The Hall–Kier alpha value is -2.02. The minimum atomic E-state index is -0.506. The molecule has 0 radical (unpaired) electrons. The number of nitrogens with zero attached hydrogens (tertiary/aromatic N) is 1. The summed E-state index contributed by atoms with van der Waals surface area (Å²) in [6, 6.07) is 3.24. The number of hydrogen-bond donors (Lipinski definition) is 1. The van der Waals surface area contributed by atoms with Crippen molar-refractivity contribution in [1.29, 1.82) is 0 Å². The normalized spacial score (nSPS) is 10.3. The average molecular weight is 298 g/mol. The maximum atomic E-state index is 13.4. The summed E-state index contributed by atoms with van der Waals surface area (Å²) in [6.45, 7) is 2.06. The van der Waals surface area contributed by atoms with E-state index in [1.807, 2.05) is 0 Å². The van der Waals surface area contributed by atoms with Crippen molar-refractivity contribution in [1.82, 2.24) is 4.98 Å². The number of hydrogen-bond acceptors (Lipinski definition) is 5. The molecule has 0 saturated heterocycles. The van der Waals surface area contributed by atoms with Crippen LogP contribution < -0.4 is 5.32 Å². The number of esters is 1. The van der Waals surface area contributed by atoms with E-state index in [2.05, 4.69) is 10.3 Å². The zero-order valence-electron chi connectivity index (χ0n) is 10.7. The Morgan fingerprint density at radius 1 is 1.45 bits per heavy atom. The Bertz CT molecular complexity index is 616. The number of thiazole rings is 1. The highest BCUT2D eigenvalue weighted by Gasteiger charge is 2.12. The van der Waals surface area contributed by atoms with Crippen LogP contribution in [0.15, 0.2) is 23.6 Å². The van der Waals surface area contributed by atoms with Crippen LogP contribution in [0, 0.1) is 11.6 Å². The lowest BCUT2D eigenvalue weighted by Gasteiger charge is -2.04. The number of carbonyl (C=O) groups is 1. The van der Waals surface area contributed by atoms with E-state index >= 15 is 0 Å². The number of benzene rings is 1. The van der Waals surface area contributed by atoms with Crippen molar-refractivity contribution in [2.45, 2.75) is 13.5 Å². The summed E-state index contributed by atoms with van der Waals surface area (Å²) in [5.74, 6) is -1.51. The second kappa shape index (κ2) is 6.42. The first-order chi connectivity index (χ1) is 9.60. The van der Waals surface area contributed by atoms with E-state index in [0.29, 0.717) is 5.13 Å². The molecule has 0 spiro atoms. The van der Waals surface area contributed by atoms with Gasteiger partial charge in [0.15, 0.2) is 10.8 Å². The van der Waals surface area contributed by atoms with Gasteiger partial charge in [0.25, 0.3) is 0 Å². The van der Waals surface area contributed by atoms with Crippen molar-refractivity contribution in [2.24, 2.45) is 0 Å². The summed E-state index contributed by atoms with van der Waals surface area (Å²) in [5, 5.41) is 4.82. The molecule has 1 aromatic heterocycles. The van der Waals surface area contributed by atoms with Crippen molar-refractivity contribution in [3.8, 4) is 0 Å². The van der Waals surface area contributed by atoms with Gasteiger partial charge in [-0.2, -0.15) is 0 Å². The van der Waals surface area contributed by atoms with E-state index in [-0.39, 0.29) is 24.4 Å². The maximum absolute atomic E-state index is 13.4. The molecule has 0 aliphatic carbocycles. The Morgan fingerprint density at radius 3 is 3.00 bits per heavy atom. The van der Waals surface area contributed by atoms with Gasteiger partial charge < -0.3 is 10.1 Å². The third-order valence-electron chi connectivity index (χ3n) is 2.43. The van der Waals surface area contributed by atoms with Crippen molar-refractivity contribution in [3.05, 3.63) is 46.5 Å². The lowest BCUT2D eigenvalue weighted by atomic mass is 10.2. The summed E-state index contributed by atoms with van der Waals surface area (Å²) in [4.78, 5) is 15.4. The van der Waals surface area contributed by atoms with Crippen LogP contribution in [0.1, 0.15) is 23.0 Å². The molecule has 0 atom stereocenters. The molecule has 0 aliphatic rings. The summed E-state index contributed by atoms with van der Waals surface area (Å²) >= 11 is 1.19. The maximum Gasteiger partial charge on any atom is 0.357 e. The fraction of sp³-hybridized carbons (Fsp3) is 0.231. The van der Waals surface area contributed by atoms with Crippen LogP contribution >= 0.6 is 11.3 Å². The summed E-state index contributed by atoms with van der Waals surface area (Å²) in [7, 11) is 0. The van der Waals surface area contributed by atoms with Gasteiger partial charge in [-0.25, -0.2) is 18.6 Å². The van der Waals surface area contributed by atoms with Crippen molar-refractivity contribution in [3.63, 3.8) is 0 Å². The van der Waals surface area contributed by atoms with Gasteiger partial charge in [-0.3, -0.25) is 0 Å². The van der Waals surface area contributed by atoms with Gasteiger partial charge in [-0.05, 0) is 25.1 Å². The number of carbonyl (C=O) groups excluding carboxylic acids is 1. The molecule has 7 heteroatoms. The van der Waals surface area contributed by atoms with Gasteiger partial charge in [0.05, 0.1) is 6.61 Å². The lowest BCUT2D eigenvalue weighted by molar-refractivity contribution is 0.0520. The molecule has 1 heterocycles. The van der Waals surface area contributed by atoms with Crippen LogP contribution in [0.3, 0.4) is 0 Å². The van der Waals surface area contributed by atoms with Crippen molar-refractivity contribution < 1.29 is 18.3 Å². The third-order valence-corrected chi connectivity index (χ3v) is 3.23. The molecule has 0 amide bonds. The molecule has 2 aromatic rings. The molecule has 1 N–H and O–H groups in total. The fourth-order valence-electron chi connectivity index (χ4n) is 1.50. The van der Waals surface area contributed by atoms with Gasteiger partial charge in [0.1, 0.15) is 11.6 Å². The monoisotopic (exact) mass is 298 g/mol. The lowest BCUT2D eigenvalue weighted by Crippen LogP contribution is -2.06. The van der Waals surface area contributed by atoms with Gasteiger partial charge in [0.2, 0.25) is 0 Å². The summed E-state index contributed by atoms with van der Waals surface area (Å²) < 4.78 is 31.2. The first-order valence-corrected chi connectivity index (χ1v) is 6.78. The average Bonchev–Trinajstić information content (AvgIpc) is 2.89. The quantitative estimate of drug-likeness (QED) is 0.861. The molecule has 1 aromatic carbocycles. The highest BCUT2D eigenvalue weighted by atomic mass is 32.1. The highest BCUT2D eigenvalue weighted by Crippen LogP contribution is 2.18. The molecule has 20 heavy (non-hydrogen) atoms. The van der Waals surface area contributed by atoms with Crippen LogP contribution in [-0.2, 0) is 11.3 Å². The smallest absolute Gasteiger partial charge is 0.357 e. The zero-order valence-corrected chi connectivity index (χ0v) is 11.5. The van der Waals surface area contributed by atoms with Crippen molar-refractivity contribution in [2.75, 3.05) is 11.9 Å². The van der Waals surface area contributed by atoms with E-state index < -0.39 is 17.6 Å². The zero-order chi connectivity index (χ0) is 14.5. The standard InChI is InChI=1S/C13H12F2N2O2S/c1-2-19-12(18)11-7-20-13(17-11)16-6-8-5-9(14)3-4-10(8)15/h3-5,7H,2,6H2,1H3,(H,16,17). The fourth-order valence-corrected chi connectivity index (χ4v) is 2.18. The first-order valence-electron chi connectivity index (χ1n) is 5.90. The number of rotatable bonds is 5. The molecule has 0 saturated carbocycles. The van der Waals surface area contributed by atoms with E-state index in [1.165, 1.54) is 11.3 Å². The van der Waals surface area contributed by atoms with Gasteiger partial charge in [0, 0.05) is 17.5 Å². The van der Waals surface area contributed by atoms with Gasteiger partial charge in [-0.15, -0.1) is 11.3 Å². The Labute approximate surface area is 118 Å². The Balaban J connectivity index is 2.01. The summed E-state index contributed by atoms with van der Waals surface area (Å²) in [6.07, 6.45) is 0. The second-order valence-electron chi connectivity index (χ2n) is 3.85. The molecule has 0 aliphatic heterocycles. The predicted octanol–water partition coefficient (Wildman–Crippen LogP) is 3.21. The minimum absolute atomic E-state index is 0.0827. The molecule has 106 valence electrons. The van der Waals surface area contributed by atoms with Crippen LogP contribution in [0.4, 0.5) is 13.9 Å². The van der Waals surface area contributed by atoms with E-state index in [0.717, 1.165) is 18.2 Å².